The van der Waals surface area contributed by atoms with E-state index in [1.165, 1.54) is 0 Å². The molecule has 1 aliphatic carbocycles. The smallest absolute Gasteiger partial charge is 0.231 e. The van der Waals surface area contributed by atoms with Crippen LogP contribution in [0.15, 0.2) is 94.8 Å². The Balaban J connectivity index is 1.65. The van der Waals surface area contributed by atoms with Crippen LogP contribution in [0.4, 0.5) is 11.5 Å². The SMILES string of the molecule is CC/C=C(\C=C1\C=CC=C(C)C(C(=O)Nc2ccccc2)C1)c1coc2ccnc(N)c12. The van der Waals surface area contributed by atoms with Crippen LogP contribution in [0.1, 0.15) is 32.3 Å². The number of hydrogen-bond acceptors (Lipinski definition) is 4. The van der Waals surface area contributed by atoms with E-state index in [1.807, 2.05) is 55.5 Å². The first kappa shape index (κ1) is 21.4. The number of nitrogen functional groups attached to an aromatic ring is 1. The fraction of sp³-hybridized carbons (Fsp3) is 0.185. The molecule has 0 saturated carbocycles. The molecule has 32 heavy (non-hydrogen) atoms. The summed E-state index contributed by atoms with van der Waals surface area (Å²) in [6.07, 6.45) is 15.2. The van der Waals surface area contributed by atoms with Crippen molar-refractivity contribution in [1.29, 1.82) is 0 Å². The zero-order valence-corrected chi connectivity index (χ0v) is 18.3. The molecular formula is C27H27N3O2. The molecule has 1 unspecified atom stereocenters. The molecule has 4 rings (SSSR count). The average Bonchev–Trinajstić information content (AvgIpc) is 3.14. The van der Waals surface area contributed by atoms with Crippen molar-refractivity contribution in [2.75, 3.05) is 11.1 Å². The van der Waals surface area contributed by atoms with Crippen LogP contribution in [0.25, 0.3) is 16.5 Å². The van der Waals surface area contributed by atoms with Gasteiger partial charge in [-0.15, -0.1) is 0 Å². The monoisotopic (exact) mass is 425 g/mol. The highest BCUT2D eigenvalue weighted by atomic mass is 16.3. The van der Waals surface area contributed by atoms with Crippen molar-refractivity contribution in [3.63, 3.8) is 0 Å². The molecule has 0 bridgehead atoms. The number of benzene rings is 1. The number of aromatic nitrogens is 1. The van der Waals surface area contributed by atoms with Gasteiger partial charge in [0.05, 0.1) is 17.6 Å². The van der Waals surface area contributed by atoms with Gasteiger partial charge in [0.2, 0.25) is 5.91 Å². The third-order valence-electron chi connectivity index (χ3n) is 5.61. The van der Waals surface area contributed by atoms with Crippen molar-refractivity contribution >= 4 is 34.0 Å². The molecule has 2 heterocycles. The van der Waals surface area contributed by atoms with E-state index in [-0.39, 0.29) is 11.8 Å². The second kappa shape index (κ2) is 9.52. The fourth-order valence-electron chi connectivity index (χ4n) is 3.95. The summed E-state index contributed by atoms with van der Waals surface area (Å²) in [6.45, 7) is 4.09. The lowest BCUT2D eigenvalue weighted by molar-refractivity contribution is -0.118. The van der Waals surface area contributed by atoms with Crippen molar-refractivity contribution < 1.29 is 9.21 Å². The molecule has 3 aromatic rings. The van der Waals surface area contributed by atoms with E-state index >= 15 is 0 Å². The molecule has 5 heteroatoms. The van der Waals surface area contributed by atoms with Gasteiger partial charge in [0.1, 0.15) is 11.4 Å². The van der Waals surface area contributed by atoms with Gasteiger partial charge in [0, 0.05) is 17.4 Å². The Hall–Kier alpha value is -3.86. The Morgan fingerprint density at radius 3 is 2.88 bits per heavy atom. The first-order chi connectivity index (χ1) is 15.6. The number of fused-ring (bicyclic) bond motifs is 1. The van der Waals surface area contributed by atoms with E-state index in [1.54, 1.807) is 12.5 Å². The van der Waals surface area contributed by atoms with Crippen molar-refractivity contribution in [3.05, 3.63) is 95.9 Å². The molecule has 0 spiro atoms. The van der Waals surface area contributed by atoms with Crippen molar-refractivity contribution in [1.82, 2.24) is 4.98 Å². The van der Waals surface area contributed by atoms with Crippen molar-refractivity contribution in [3.8, 4) is 0 Å². The minimum Gasteiger partial charge on any atom is -0.463 e. The maximum Gasteiger partial charge on any atom is 0.231 e. The fourth-order valence-corrected chi connectivity index (χ4v) is 3.95. The van der Waals surface area contributed by atoms with Gasteiger partial charge < -0.3 is 15.5 Å². The highest BCUT2D eigenvalue weighted by molar-refractivity contribution is 6.00. The second-order valence-electron chi connectivity index (χ2n) is 7.89. The van der Waals surface area contributed by atoms with E-state index in [0.717, 1.165) is 39.8 Å². The van der Waals surface area contributed by atoms with Gasteiger partial charge in [0.25, 0.3) is 0 Å². The zero-order chi connectivity index (χ0) is 22.5. The van der Waals surface area contributed by atoms with Gasteiger partial charge in [-0.05, 0) is 49.1 Å². The van der Waals surface area contributed by atoms with Gasteiger partial charge in [-0.2, -0.15) is 0 Å². The summed E-state index contributed by atoms with van der Waals surface area (Å²) >= 11 is 0. The molecular weight excluding hydrogens is 398 g/mol. The topological polar surface area (TPSA) is 81.2 Å². The minimum absolute atomic E-state index is 0.0113. The molecule has 5 nitrogen and oxygen atoms in total. The van der Waals surface area contributed by atoms with Gasteiger partial charge in [-0.25, -0.2) is 4.98 Å². The number of nitrogens with two attached hydrogens (primary N) is 1. The Morgan fingerprint density at radius 2 is 2.09 bits per heavy atom. The third kappa shape index (κ3) is 4.57. The maximum atomic E-state index is 13.1. The summed E-state index contributed by atoms with van der Waals surface area (Å²) in [6, 6.07) is 11.4. The second-order valence-corrected chi connectivity index (χ2v) is 7.89. The van der Waals surface area contributed by atoms with Crippen LogP contribution in [0, 0.1) is 5.92 Å². The molecule has 0 aliphatic heterocycles. The lowest BCUT2D eigenvalue weighted by Gasteiger charge is -2.17. The zero-order valence-electron chi connectivity index (χ0n) is 18.3. The first-order valence-electron chi connectivity index (χ1n) is 10.8. The van der Waals surface area contributed by atoms with Crippen molar-refractivity contribution in [2.45, 2.75) is 26.7 Å². The summed E-state index contributed by atoms with van der Waals surface area (Å²) in [7, 11) is 0. The van der Waals surface area contributed by atoms with Gasteiger partial charge in [-0.1, -0.05) is 61.1 Å². The lowest BCUT2D eigenvalue weighted by Crippen LogP contribution is -2.23. The highest BCUT2D eigenvalue weighted by Gasteiger charge is 2.23. The molecule has 1 atom stereocenters. The number of hydrogen-bond donors (Lipinski definition) is 2. The van der Waals surface area contributed by atoms with Crippen LogP contribution in [0.3, 0.4) is 0 Å². The molecule has 0 radical (unpaired) electrons. The molecule has 1 aliphatic rings. The minimum atomic E-state index is -0.257. The molecule has 2 aromatic heterocycles. The number of carbonyl (C=O) groups excluding carboxylic acids is 1. The number of nitrogens with one attached hydrogen (secondary N) is 1. The van der Waals surface area contributed by atoms with E-state index < -0.39 is 0 Å². The number of nitrogens with zero attached hydrogens (tertiary/aromatic N) is 1. The summed E-state index contributed by atoms with van der Waals surface area (Å²) in [4.78, 5) is 17.3. The predicted octanol–water partition coefficient (Wildman–Crippen LogP) is 6.29. The number of amides is 1. The Labute approximate surface area is 188 Å². The van der Waals surface area contributed by atoms with Crippen LogP contribution in [0.5, 0.6) is 0 Å². The number of allylic oxidation sites excluding steroid dienone is 7. The van der Waals surface area contributed by atoms with E-state index in [2.05, 4.69) is 35.5 Å². The number of carbonyl (C=O) groups is 1. The summed E-state index contributed by atoms with van der Waals surface area (Å²) in [5, 5.41) is 3.85. The highest BCUT2D eigenvalue weighted by Crippen LogP contribution is 2.34. The number of anilines is 2. The molecule has 162 valence electrons. The average molecular weight is 426 g/mol. The quantitative estimate of drug-likeness (QED) is 0.503. The van der Waals surface area contributed by atoms with Crippen LogP contribution in [-0.4, -0.2) is 10.9 Å². The normalized spacial score (nSPS) is 17.9. The predicted molar refractivity (Wildman–Crippen MR) is 131 cm³/mol. The van der Waals surface area contributed by atoms with Crippen LogP contribution in [0.2, 0.25) is 0 Å². The Morgan fingerprint density at radius 1 is 1.28 bits per heavy atom. The van der Waals surface area contributed by atoms with E-state index in [0.29, 0.717) is 17.8 Å². The number of rotatable bonds is 5. The van der Waals surface area contributed by atoms with Crippen LogP contribution < -0.4 is 11.1 Å². The number of pyridine rings is 1. The summed E-state index contributed by atoms with van der Waals surface area (Å²) in [5.41, 5.74) is 11.7. The summed E-state index contributed by atoms with van der Waals surface area (Å²) in [5.74, 6) is 0.177. The Bertz CT molecular complexity index is 1250. The molecule has 0 fully saturated rings. The molecule has 1 aromatic carbocycles. The third-order valence-corrected chi connectivity index (χ3v) is 5.61. The van der Waals surface area contributed by atoms with Crippen LogP contribution in [-0.2, 0) is 4.79 Å². The largest absolute Gasteiger partial charge is 0.463 e. The van der Waals surface area contributed by atoms with Gasteiger partial charge >= 0.3 is 0 Å². The lowest BCUT2D eigenvalue weighted by atomic mass is 9.91. The first-order valence-corrected chi connectivity index (χ1v) is 10.8. The Kier molecular flexibility index (Phi) is 6.36. The van der Waals surface area contributed by atoms with Crippen LogP contribution >= 0.6 is 0 Å². The molecule has 1 amide bonds. The molecule has 3 N–H and O–H groups in total. The molecule has 0 saturated heterocycles. The number of para-hydroxylation sites is 1. The van der Waals surface area contributed by atoms with Gasteiger partial charge in [0.15, 0.2) is 0 Å². The van der Waals surface area contributed by atoms with Gasteiger partial charge in [-0.3, -0.25) is 4.79 Å². The summed E-state index contributed by atoms with van der Waals surface area (Å²) < 4.78 is 5.73. The van der Waals surface area contributed by atoms with E-state index in [4.69, 9.17) is 10.2 Å². The number of furan rings is 1. The maximum absolute atomic E-state index is 13.1. The van der Waals surface area contributed by atoms with E-state index in [9.17, 15) is 4.79 Å². The van der Waals surface area contributed by atoms with Crippen molar-refractivity contribution in [2.24, 2.45) is 5.92 Å². The standard InChI is InChI=1S/C27H27N3O2/c1-3-8-20(23-17-32-24-13-14-29-26(28)25(23)24)15-19-10-7-9-18(2)22(16-19)27(31)30-21-11-5-4-6-12-21/h4-15,17,22H,3,16H2,1-2H3,(H2,28,29)(H,30,31)/b19-15-,20-8+.